The van der Waals surface area contributed by atoms with Crippen molar-refractivity contribution >= 4 is 17.4 Å². The van der Waals surface area contributed by atoms with Gasteiger partial charge in [-0.1, -0.05) is 12.1 Å². The maximum absolute atomic E-state index is 14.1. The number of carbonyl (C=O) groups excluding carboxylic acids is 2. The van der Waals surface area contributed by atoms with Crippen molar-refractivity contribution in [2.24, 2.45) is 0 Å². The molecule has 0 aromatic heterocycles. The largest absolute Gasteiger partial charge is 0.497 e. The number of dihydropyridines is 1. The topological polar surface area (TPSA) is 104 Å². The summed E-state index contributed by atoms with van der Waals surface area (Å²) in [6, 6.07) is 18.5. The number of rotatable bonds is 10. The van der Waals surface area contributed by atoms with Gasteiger partial charge in [-0.15, -0.1) is 0 Å². The quantitative estimate of drug-likeness (QED) is 0.288. The lowest BCUT2D eigenvalue weighted by molar-refractivity contribution is -0.116. The smallest absolute Gasteiger partial charge is 0.254 e. The predicted molar refractivity (Wildman–Crippen MR) is 168 cm³/mol. The van der Waals surface area contributed by atoms with Crippen molar-refractivity contribution in [3.05, 3.63) is 94.3 Å². The molecular formula is C35H38N2O7. The molecule has 230 valence electrons. The number of hydrogen-bond donors (Lipinski definition) is 2. The van der Waals surface area contributed by atoms with Gasteiger partial charge in [-0.2, -0.15) is 0 Å². The van der Waals surface area contributed by atoms with Crippen LogP contribution in [0, 0.1) is 0 Å². The normalized spacial score (nSPS) is 17.8. The van der Waals surface area contributed by atoms with E-state index < -0.39 is 5.92 Å². The molecule has 5 rings (SSSR count). The molecule has 1 heterocycles. The van der Waals surface area contributed by atoms with E-state index >= 15 is 0 Å². The zero-order chi connectivity index (χ0) is 31.4. The number of ether oxygens (including phenoxy) is 5. The number of hydrogen-bond acceptors (Lipinski definition) is 8. The Morgan fingerprint density at radius 2 is 1.45 bits per heavy atom. The Bertz CT molecular complexity index is 1620. The standard InChI is InChI=1S/C35H38N2O7/c1-7-44-29-15-9-22(19-31(29)43-6)33-32(35(39)37-24-10-12-25(40-3)13-11-24)20(2)36-26-16-23(17-27(38)34(26)33)21-8-14-28(41-4)30(18-21)42-5/h8-15,18-19,23,33,36H,7,16-17H2,1-6H3,(H,37,39)/t23-,33-/m1/s1. The third-order valence-corrected chi connectivity index (χ3v) is 8.12. The second-order valence-corrected chi connectivity index (χ2v) is 10.7. The molecule has 0 fully saturated rings. The van der Waals surface area contributed by atoms with E-state index in [0.717, 1.165) is 16.8 Å². The van der Waals surface area contributed by atoms with Crippen LogP contribution in [0.3, 0.4) is 0 Å². The second kappa shape index (κ2) is 13.2. The first-order valence-corrected chi connectivity index (χ1v) is 14.5. The minimum absolute atomic E-state index is 0.0290. The Labute approximate surface area is 257 Å². The summed E-state index contributed by atoms with van der Waals surface area (Å²) in [6.45, 7) is 4.25. The van der Waals surface area contributed by atoms with Gasteiger partial charge < -0.3 is 34.3 Å². The molecule has 9 heteroatoms. The SMILES string of the molecule is CCOc1ccc([C@@H]2C(C(=O)Nc3ccc(OC)cc3)=C(C)NC3=C2C(=O)C[C@H](c2ccc(OC)c(OC)c2)C3)cc1OC. The Morgan fingerprint density at radius 3 is 2.11 bits per heavy atom. The van der Waals surface area contributed by atoms with E-state index in [0.29, 0.717) is 64.3 Å². The molecular weight excluding hydrogens is 560 g/mol. The van der Waals surface area contributed by atoms with Crippen molar-refractivity contribution in [3.63, 3.8) is 0 Å². The molecule has 2 atom stereocenters. The molecule has 2 aliphatic rings. The van der Waals surface area contributed by atoms with Crippen LogP contribution in [0.4, 0.5) is 5.69 Å². The van der Waals surface area contributed by atoms with Gasteiger partial charge in [0.1, 0.15) is 5.75 Å². The molecule has 2 N–H and O–H groups in total. The summed E-state index contributed by atoms with van der Waals surface area (Å²) in [5.74, 6) is 2.02. The van der Waals surface area contributed by atoms with Gasteiger partial charge in [0.2, 0.25) is 0 Å². The fraction of sp³-hybridized carbons (Fsp3) is 0.314. The first kappa shape index (κ1) is 30.5. The van der Waals surface area contributed by atoms with E-state index in [1.165, 1.54) is 0 Å². The number of anilines is 1. The van der Waals surface area contributed by atoms with Gasteiger partial charge in [0.05, 0.1) is 35.0 Å². The zero-order valence-corrected chi connectivity index (χ0v) is 25.9. The Morgan fingerprint density at radius 1 is 0.818 bits per heavy atom. The summed E-state index contributed by atoms with van der Waals surface area (Å²) in [5, 5.41) is 6.45. The minimum Gasteiger partial charge on any atom is -0.497 e. The molecule has 44 heavy (non-hydrogen) atoms. The van der Waals surface area contributed by atoms with Crippen molar-refractivity contribution < 1.29 is 33.3 Å². The molecule has 0 unspecified atom stereocenters. The molecule has 0 saturated heterocycles. The molecule has 3 aromatic rings. The average Bonchev–Trinajstić information content (AvgIpc) is 3.04. The number of ketones is 1. The van der Waals surface area contributed by atoms with Gasteiger partial charge in [-0.05, 0) is 85.8 Å². The fourth-order valence-corrected chi connectivity index (χ4v) is 6.03. The van der Waals surface area contributed by atoms with Crippen LogP contribution in [0.2, 0.25) is 0 Å². The van der Waals surface area contributed by atoms with Crippen molar-refractivity contribution in [1.82, 2.24) is 5.32 Å². The maximum Gasteiger partial charge on any atom is 0.254 e. The van der Waals surface area contributed by atoms with E-state index in [2.05, 4.69) is 10.6 Å². The summed E-state index contributed by atoms with van der Waals surface area (Å²) < 4.78 is 27.6. The van der Waals surface area contributed by atoms with Crippen LogP contribution in [-0.4, -0.2) is 46.7 Å². The number of amides is 1. The number of Topliss-reactive ketones (excluding diaryl/α,β-unsaturated/α-hetero) is 1. The molecule has 0 bridgehead atoms. The van der Waals surface area contributed by atoms with Crippen LogP contribution in [0.15, 0.2) is 83.2 Å². The van der Waals surface area contributed by atoms with Crippen LogP contribution >= 0.6 is 0 Å². The van der Waals surface area contributed by atoms with E-state index in [1.807, 2.05) is 50.2 Å². The maximum atomic E-state index is 14.1. The van der Waals surface area contributed by atoms with Crippen molar-refractivity contribution in [2.45, 2.75) is 38.5 Å². The highest BCUT2D eigenvalue weighted by atomic mass is 16.5. The summed E-state index contributed by atoms with van der Waals surface area (Å²) in [5.41, 5.74) is 4.88. The van der Waals surface area contributed by atoms with E-state index in [4.69, 9.17) is 23.7 Å². The summed E-state index contributed by atoms with van der Waals surface area (Å²) in [6.07, 6.45) is 0.874. The van der Waals surface area contributed by atoms with Crippen LogP contribution in [0.1, 0.15) is 49.7 Å². The lowest BCUT2D eigenvalue weighted by Crippen LogP contribution is -2.37. The van der Waals surface area contributed by atoms with Crippen LogP contribution < -0.4 is 34.3 Å². The minimum atomic E-state index is -0.618. The van der Waals surface area contributed by atoms with Gasteiger partial charge in [0, 0.05) is 40.6 Å². The molecule has 1 aliphatic carbocycles. The third-order valence-electron chi connectivity index (χ3n) is 8.12. The van der Waals surface area contributed by atoms with E-state index in [9.17, 15) is 9.59 Å². The Hall–Kier alpha value is -4.92. The van der Waals surface area contributed by atoms with Crippen molar-refractivity contribution in [1.29, 1.82) is 0 Å². The Kier molecular flexibility index (Phi) is 9.13. The first-order valence-electron chi connectivity index (χ1n) is 14.5. The highest BCUT2D eigenvalue weighted by molar-refractivity contribution is 6.10. The Balaban J connectivity index is 1.57. The number of nitrogens with one attached hydrogen (secondary N) is 2. The second-order valence-electron chi connectivity index (χ2n) is 10.7. The first-order chi connectivity index (χ1) is 21.3. The zero-order valence-electron chi connectivity index (χ0n) is 25.9. The van der Waals surface area contributed by atoms with Gasteiger partial charge in [-0.3, -0.25) is 9.59 Å². The lowest BCUT2D eigenvalue weighted by Gasteiger charge is -2.37. The summed E-state index contributed by atoms with van der Waals surface area (Å²) >= 11 is 0. The van der Waals surface area contributed by atoms with Crippen LogP contribution in [0.5, 0.6) is 28.7 Å². The molecule has 1 aliphatic heterocycles. The van der Waals surface area contributed by atoms with Crippen LogP contribution in [0.25, 0.3) is 0 Å². The number of methoxy groups -OCH3 is 4. The number of carbonyl (C=O) groups is 2. The molecule has 1 amide bonds. The molecule has 0 spiro atoms. The molecule has 9 nitrogen and oxygen atoms in total. The average molecular weight is 599 g/mol. The van der Waals surface area contributed by atoms with Crippen molar-refractivity contribution in [3.8, 4) is 28.7 Å². The molecule has 3 aromatic carbocycles. The van der Waals surface area contributed by atoms with Gasteiger partial charge in [-0.25, -0.2) is 0 Å². The lowest BCUT2D eigenvalue weighted by atomic mass is 9.71. The molecule has 0 saturated carbocycles. The third kappa shape index (κ3) is 5.95. The van der Waals surface area contributed by atoms with E-state index in [1.54, 1.807) is 52.7 Å². The summed E-state index contributed by atoms with van der Waals surface area (Å²) in [4.78, 5) is 28.1. The van der Waals surface area contributed by atoms with Gasteiger partial charge in [0.25, 0.3) is 5.91 Å². The predicted octanol–water partition coefficient (Wildman–Crippen LogP) is 6.12. The van der Waals surface area contributed by atoms with E-state index in [-0.39, 0.29) is 24.0 Å². The number of allylic oxidation sites excluding steroid dienone is 3. The van der Waals surface area contributed by atoms with Gasteiger partial charge >= 0.3 is 0 Å². The fourth-order valence-electron chi connectivity index (χ4n) is 6.03. The van der Waals surface area contributed by atoms with Gasteiger partial charge in [0.15, 0.2) is 28.8 Å². The summed E-state index contributed by atoms with van der Waals surface area (Å²) in [7, 11) is 6.36. The number of benzene rings is 3. The highest BCUT2D eigenvalue weighted by Gasteiger charge is 2.41. The van der Waals surface area contributed by atoms with Crippen LogP contribution in [-0.2, 0) is 9.59 Å². The van der Waals surface area contributed by atoms with Crippen molar-refractivity contribution in [2.75, 3.05) is 40.4 Å². The highest BCUT2D eigenvalue weighted by Crippen LogP contribution is 2.47. The monoisotopic (exact) mass is 598 g/mol. The molecule has 0 radical (unpaired) electrons.